The van der Waals surface area contributed by atoms with E-state index < -0.39 is 5.41 Å². The second-order valence-corrected chi connectivity index (χ2v) is 5.59. The first-order chi connectivity index (χ1) is 6.08. The summed E-state index contributed by atoms with van der Waals surface area (Å²) in [6.07, 6.45) is 0. The number of ether oxygens (including phenoxy) is 2. The van der Waals surface area contributed by atoms with E-state index in [4.69, 9.17) is 9.47 Å². The molecule has 0 bridgehead atoms. The molecule has 1 atom stereocenters. The molecule has 0 aliphatic heterocycles. The van der Waals surface area contributed by atoms with Gasteiger partial charge in [0.25, 0.3) is 0 Å². The summed E-state index contributed by atoms with van der Waals surface area (Å²) in [5.74, 6) is 0.883. The first-order valence-electron chi connectivity index (χ1n) is 4.74. The van der Waals surface area contributed by atoms with E-state index in [0.29, 0.717) is 28.3 Å². The summed E-state index contributed by atoms with van der Waals surface area (Å²) >= 11 is 4.26. The van der Waals surface area contributed by atoms with Crippen LogP contribution in [0.25, 0.3) is 0 Å². The molecule has 0 saturated heterocycles. The van der Waals surface area contributed by atoms with Crippen molar-refractivity contribution in [1.82, 2.24) is 0 Å². The maximum atomic E-state index is 5.60. The Morgan fingerprint density at radius 2 is 1.77 bits per heavy atom. The van der Waals surface area contributed by atoms with Gasteiger partial charge < -0.3 is 9.47 Å². The lowest BCUT2D eigenvalue weighted by Gasteiger charge is -2.30. The summed E-state index contributed by atoms with van der Waals surface area (Å²) in [5, 5.41) is 0. The molecule has 4 heteroatoms. The zero-order valence-electron chi connectivity index (χ0n) is 8.96. The van der Waals surface area contributed by atoms with Crippen molar-refractivity contribution in [1.29, 1.82) is 0 Å². The molecule has 0 N–H and O–H groups in total. The highest BCUT2D eigenvalue weighted by Gasteiger charge is 2.27. The Morgan fingerprint density at radius 1 is 1.31 bits per heavy atom. The van der Waals surface area contributed by atoms with Crippen LogP contribution in [0.3, 0.4) is 0 Å². The molecule has 0 saturated carbocycles. The van der Waals surface area contributed by atoms with E-state index in [9.17, 15) is 0 Å². The van der Waals surface area contributed by atoms with Crippen LogP contribution in [0.2, 0.25) is 5.54 Å². The fourth-order valence-electron chi connectivity index (χ4n) is 1.17. The SMILES string of the molecule is CCOC(C)(OCC)[Si]C(C)CS. The monoisotopic (exact) mass is 220 g/mol. The molecule has 0 aliphatic carbocycles. The van der Waals surface area contributed by atoms with Crippen molar-refractivity contribution >= 4 is 22.1 Å². The Balaban J connectivity index is 4.05. The lowest BCUT2D eigenvalue weighted by molar-refractivity contribution is -0.163. The van der Waals surface area contributed by atoms with Crippen LogP contribution in [0.15, 0.2) is 0 Å². The fourth-order valence-corrected chi connectivity index (χ4v) is 2.88. The fraction of sp³-hybridized carbons (Fsp3) is 1.00. The number of hydrogen-bond donors (Lipinski definition) is 1. The standard InChI is InChI=1S/C9H20O2SSi/c1-5-10-9(4,11-6-2)13-8(3)7-12/h8,12H,5-7H2,1-4H3. The Hall–Kier alpha value is 0.487. The molecule has 2 radical (unpaired) electrons. The van der Waals surface area contributed by atoms with Crippen LogP contribution in [0.4, 0.5) is 0 Å². The van der Waals surface area contributed by atoms with Crippen LogP contribution in [0.5, 0.6) is 0 Å². The van der Waals surface area contributed by atoms with E-state index in [1.54, 1.807) is 0 Å². The minimum absolute atomic E-state index is 0.397. The molecule has 13 heavy (non-hydrogen) atoms. The second kappa shape index (κ2) is 6.87. The molecule has 0 rings (SSSR count). The minimum Gasteiger partial charge on any atom is -0.355 e. The van der Waals surface area contributed by atoms with E-state index >= 15 is 0 Å². The van der Waals surface area contributed by atoms with Crippen LogP contribution in [0.1, 0.15) is 27.7 Å². The summed E-state index contributed by atoms with van der Waals surface area (Å²) in [7, 11) is 0.643. The van der Waals surface area contributed by atoms with Crippen molar-refractivity contribution in [3.8, 4) is 0 Å². The third kappa shape index (κ3) is 5.73. The third-order valence-electron chi connectivity index (χ3n) is 1.62. The molecular formula is C9H20O2SSi. The van der Waals surface area contributed by atoms with E-state index in [2.05, 4.69) is 19.6 Å². The Labute approximate surface area is 89.6 Å². The first kappa shape index (κ1) is 13.5. The lowest BCUT2D eigenvalue weighted by Crippen LogP contribution is -2.41. The zero-order chi connectivity index (χ0) is 10.3. The van der Waals surface area contributed by atoms with Crippen LogP contribution < -0.4 is 0 Å². The number of hydrogen-bond acceptors (Lipinski definition) is 3. The molecule has 0 aromatic heterocycles. The van der Waals surface area contributed by atoms with Gasteiger partial charge in [-0.25, -0.2) is 0 Å². The van der Waals surface area contributed by atoms with Gasteiger partial charge in [-0.05, 0) is 32.1 Å². The molecule has 0 fully saturated rings. The quantitative estimate of drug-likeness (QED) is 0.403. The molecule has 2 nitrogen and oxygen atoms in total. The van der Waals surface area contributed by atoms with Gasteiger partial charge in [-0.15, -0.1) is 0 Å². The second-order valence-electron chi connectivity index (χ2n) is 3.04. The predicted octanol–water partition coefficient (Wildman–Crippen LogP) is 2.18. The largest absolute Gasteiger partial charge is 0.355 e. The Kier molecular flexibility index (Phi) is 7.13. The normalized spacial score (nSPS) is 14.5. The molecule has 0 amide bonds. The van der Waals surface area contributed by atoms with E-state index in [-0.39, 0.29) is 0 Å². The van der Waals surface area contributed by atoms with Gasteiger partial charge in [0.2, 0.25) is 0 Å². The van der Waals surface area contributed by atoms with E-state index in [0.717, 1.165) is 5.75 Å². The van der Waals surface area contributed by atoms with Crippen molar-refractivity contribution in [2.75, 3.05) is 19.0 Å². The third-order valence-corrected chi connectivity index (χ3v) is 4.02. The van der Waals surface area contributed by atoms with Crippen LogP contribution >= 0.6 is 12.6 Å². The van der Waals surface area contributed by atoms with Crippen molar-refractivity contribution in [2.45, 2.75) is 38.6 Å². The van der Waals surface area contributed by atoms with Gasteiger partial charge in [0.05, 0.1) is 0 Å². The molecule has 1 unspecified atom stereocenters. The maximum Gasteiger partial charge on any atom is 0.144 e. The van der Waals surface area contributed by atoms with Gasteiger partial charge in [0.1, 0.15) is 14.9 Å². The highest BCUT2D eigenvalue weighted by atomic mass is 32.1. The number of rotatable bonds is 7. The average molecular weight is 220 g/mol. The van der Waals surface area contributed by atoms with Gasteiger partial charge in [-0.2, -0.15) is 12.6 Å². The molecule has 0 aliphatic rings. The van der Waals surface area contributed by atoms with Crippen LogP contribution in [-0.4, -0.2) is 33.9 Å². The van der Waals surface area contributed by atoms with Crippen LogP contribution in [0, 0.1) is 0 Å². The molecule has 0 spiro atoms. The summed E-state index contributed by atoms with van der Waals surface area (Å²) in [6.45, 7) is 9.56. The average Bonchev–Trinajstić information content (AvgIpc) is 2.04. The summed E-state index contributed by atoms with van der Waals surface area (Å²) in [4.78, 5) is 0. The lowest BCUT2D eigenvalue weighted by atomic mass is 10.6. The molecular weight excluding hydrogens is 200 g/mol. The summed E-state index contributed by atoms with van der Waals surface area (Å²) < 4.78 is 11.2. The Morgan fingerprint density at radius 3 is 2.08 bits per heavy atom. The summed E-state index contributed by atoms with van der Waals surface area (Å²) in [5.41, 5.74) is 0.150. The topological polar surface area (TPSA) is 18.5 Å². The zero-order valence-corrected chi connectivity index (χ0v) is 10.9. The maximum absolute atomic E-state index is 5.60. The van der Waals surface area contributed by atoms with Gasteiger partial charge in [-0.3, -0.25) is 0 Å². The predicted molar refractivity (Wildman–Crippen MR) is 60.7 cm³/mol. The summed E-state index contributed by atoms with van der Waals surface area (Å²) in [6, 6.07) is 0. The molecule has 0 aromatic carbocycles. The van der Waals surface area contributed by atoms with E-state index in [1.807, 2.05) is 20.8 Å². The smallest absolute Gasteiger partial charge is 0.144 e. The van der Waals surface area contributed by atoms with Crippen molar-refractivity contribution in [3.05, 3.63) is 0 Å². The Bertz CT molecular complexity index is 127. The van der Waals surface area contributed by atoms with Gasteiger partial charge in [0, 0.05) is 13.2 Å². The van der Waals surface area contributed by atoms with Crippen LogP contribution in [-0.2, 0) is 9.47 Å². The minimum atomic E-state index is -0.397. The number of thiol groups is 1. The van der Waals surface area contributed by atoms with Crippen molar-refractivity contribution in [2.24, 2.45) is 0 Å². The van der Waals surface area contributed by atoms with E-state index in [1.165, 1.54) is 0 Å². The van der Waals surface area contributed by atoms with Gasteiger partial charge in [0.15, 0.2) is 0 Å². The highest BCUT2D eigenvalue weighted by Crippen LogP contribution is 2.18. The van der Waals surface area contributed by atoms with Gasteiger partial charge >= 0.3 is 0 Å². The molecule has 0 aromatic rings. The molecule has 0 heterocycles. The van der Waals surface area contributed by atoms with Crippen molar-refractivity contribution < 1.29 is 9.47 Å². The molecule has 78 valence electrons. The first-order valence-corrected chi connectivity index (χ1v) is 6.45. The van der Waals surface area contributed by atoms with Gasteiger partial charge in [-0.1, -0.05) is 6.92 Å². The highest BCUT2D eigenvalue weighted by molar-refractivity contribution is 7.80. The van der Waals surface area contributed by atoms with Crippen molar-refractivity contribution in [3.63, 3.8) is 0 Å².